The average molecular weight is 623 g/mol. The zero-order valence-electron chi connectivity index (χ0n) is 26.3. The Balaban J connectivity index is 4.25. The number of hydrogen-bond donors (Lipinski definition) is 2. The standard InChI is InChI=1S/C34H55O8P/c1-3-5-7-9-11-13-15-16-17-18-19-21-23-25-27-29-34(36)42-32(31-41-43(37,38)39)30-40-33(35)28-26-24-22-20-14-12-10-8-6-4-2/h5,7-8,10-11,13,16-17,19,21,25,27,32H,3-4,6,9,12,14-15,18,20,22-24,26,28-31H2,1-2H3,(H2,37,38,39)/b7-5-,10-8-,13-11-,17-16-,21-19-,27-25-. The van der Waals surface area contributed by atoms with E-state index >= 15 is 0 Å². The fraction of sp³-hybridized carbons (Fsp3) is 0.588. The molecule has 43 heavy (non-hydrogen) atoms. The van der Waals surface area contributed by atoms with E-state index < -0.39 is 32.5 Å². The molecular weight excluding hydrogens is 567 g/mol. The minimum Gasteiger partial charge on any atom is -0.462 e. The molecule has 0 aromatic heterocycles. The van der Waals surface area contributed by atoms with Crippen LogP contribution in [0.25, 0.3) is 0 Å². The smallest absolute Gasteiger partial charge is 0.462 e. The number of carbonyl (C=O) groups excluding carboxylic acids is 2. The molecule has 0 radical (unpaired) electrons. The first kappa shape index (κ1) is 40.5. The number of allylic oxidation sites excluding steroid dienone is 11. The van der Waals surface area contributed by atoms with Crippen LogP contribution in [0.15, 0.2) is 72.9 Å². The minimum atomic E-state index is -4.77. The van der Waals surface area contributed by atoms with Gasteiger partial charge in [0.05, 0.1) is 13.0 Å². The van der Waals surface area contributed by atoms with E-state index in [1.165, 1.54) is 0 Å². The lowest BCUT2D eigenvalue weighted by atomic mass is 10.1. The van der Waals surface area contributed by atoms with E-state index in [-0.39, 0.29) is 19.4 Å². The van der Waals surface area contributed by atoms with Gasteiger partial charge in [-0.05, 0) is 57.8 Å². The van der Waals surface area contributed by atoms with Crippen molar-refractivity contribution in [1.82, 2.24) is 0 Å². The van der Waals surface area contributed by atoms with Gasteiger partial charge in [-0.15, -0.1) is 0 Å². The highest BCUT2D eigenvalue weighted by molar-refractivity contribution is 7.46. The maximum Gasteiger partial charge on any atom is 0.469 e. The fourth-order valence-corrected chi connectivity index (χ4v) is 4.04. The van der Waals surface area contributed by atoms with Gasteiger partial charge in [-0.25, -0.2) is 4.57 Å². The van der Waals surface area contributed by atoms with Gasteiger partial charge in [-0.1, -0.05) is 112 Å². The van der Waals surface area contributed by atoms with Crippen LogP contribution in [0.1, 0.15) is 110 Å². The molecule has 9 heteroatoms. The van der Waals surface area contributed by atoms with Crippen molar-refractivity contribution < 1.29 is 37.9 Å². The van der Waals surface area contributed by atoms with Gasteiger partial charge in [0.2, 0.25) is 0 Å². The minimum absolute atomic E-state index is 0.0255. The van der Waals surface area contributed by atoms with Gasteiger partial charge in [-0.3, -0.25) is 14.1 Å². The molecule has 0 heterocycles. The number of carbonyl (C=O) groups is 2. The fourth-order valence-electron chi connectivity index (χ4n) is 3.68. The van der Waals surface area contributed by atoms with Crippen molar-refractivity contribution in [2.24, 2.45) is 0 Å². The second-order valence-corrected chi connectivity index (χ2v) is 11.3. The molecule has 0 aliphatic carbocycles. The highest BCUT2D eigenvalue weighted by Gasteiger charge is 2.22. The second kappa shape index (κ2) is 29.6. The summed E-state index contributed by atoms with van der Waals surface area (Å²) in [6.07, 6.45) is 36.6. The summed E-state index contributed by atoms with van der Waals surface area (Å²) < 4.78 is 26.0. The Morgan fingerprint density at radius 1 is 0.651 bits per heavy atom. The molecule has 0 fully saturated rings. The maximum atomic E-state index is 12.2. The van der Waals surface area contributed by atoms with Crippen LogP contribution in [0.4, 0.5) is 0 Å². The van der Waals surface area contributed by atoms with E-state index in [4.69, 9.17) is 19.3 Å². The Kier molecular flexibility index (Phi) is 27.8. The third-order valence-electron chi connectivity index (χ3n) is 5.97. The lowest BCUT2D eigenvalue weighted by molar-refractivity contribution is -0.160. The van der Waals surface area contributed by atoms with Crippen molar-refractivity contribution >= 4 is 19.8 Å². The summed E-state index contributed by atoms with van der Waals surface area (Å²) in [7, 11) is -4.77. The normalized spacial score (nSPS) is 13.5. The van der Waals surface area contributed by atoms with Gasteiger partial charge < -0.3 is 19.3 Å². The summed E-state index contributed by atoms with van der Waals surface area (Å²) in [6.45, 7) is 3.36. The van der Waals surface area contributed by atoms with Crippen LogP contribution in [-0.2, 0) is 28.2 Å². The first-order valence-electron chi connectivity index (χ1n) is 15.7. The van der Waals surface area contributed by atoms with Crippen molar-refractivity contribution in [3.8, 4) is 0 Å². The second-order valence-electron chi connectivity index (χ2n) is 10.1. The van der Waals surface area contributed by atoms with Crippen LogP contribution >= 0.6 is 7.82 Å². The number of phosphoric ester groups is 1. The molecule has 0 bridgehead atoms. The van der Waals surface area contributed by atoms with E-state index in [9.17, 15) is 14.2 Å². The zero-order valence-corrected chi connectivity index (χ0v) is 27.2. The van der Waals surface area contributed by atoms with Crippen LogP contribution in [0.2, 0.25) is 0 Å². The third-order valence-corrected chi connectivity index (χ3v) is 6.46. The van der Waals surface area contributed by atoms with E-state index in [1.807, 2.05) is 18.2 Å². The van der Waals surface area contributed by atoms with Gasteiger partial charge in [0.25, 0.3) is 0 Å². The number of ether oxygens (including phenoxy) is 2. The van der Waals surface area contributed by atoms with Crippen molar-refractivity contribution in [2.45, 2.75) is 116 Å². The predicted octanol–water partition coefficient (Wildman–Crippen LogP) is 8.78. The van der Waals surface area contributed by atoms with Gasteiger partial charge in [-0.2, -0.15) is 0 Å². The average Bonchev–Trinajstić information content (AvgIpc) is 2.97. The SMILES string of the molecule is CC/C=C\C/C=C\C/C=C\C/C=C\C/C=C\CC(=O)OC(COC(=O)CCCCCCC/C=C\CCC)COP(=O)(O)O. The summed E-state index contributed by atoms with van der Waals surface area (Å²) in [4.78, 5) is 42.3. The molecule has 0 amide bonds. The number of esters is 2. The number of unbranched alkanes of at least 4 members (excludes halogenated alkanes) is 6. The molecule has 0 aromatic carbocycles. The van der Waals surface area contributed by atoms with Gasteiger partial charge in [0.15, 0.2) is 6.10 Å². The van der Waals surface area contributed by atoms with Crippen LogP contribution in [-0.4, -0.2) is 41.0 Å². The molecule has 2 N–H and O–H groups in total. The van der Waals surface area contributed by atoms with Crippen molar-refractivity contribution in [2.75, 3.05) is 13.2 Å². The van der Waals surface area contributed by atoms with Gasteiger partial charge in [0, 0.05) is 6.42 Å². The lowest BCUT2D eigenvalue weighted by Crippen LogP contribution is -2.29. The predicted molar refractivity (Wildman–Crippen MR) is 174 cm³/mol. The molecule has 1 unspecified atom stereocenters. The summed E-state index contributed by atoms with van der Waals surface area (Å²) in [5.41, 5.74) is 0. The van der Waals surface area contributed by atoms with Crippen LogP contribution in [0.5, 0.6) is 0 Å². The maximum absolute atomic E-state index is 12.2. The Morgan fingerprint density at radius 2 is 1.19 bits per heavy atom. The monoisotopic (exact) mass is 622 g/mol. The zero-order chi connectivity index (χ0) is 31.9. The third kappa shape index (κ3) is 32.2. The quantitative estimate of drug-likeness (QED) is 0.0404. The number of rotatable bonds is 27. The molecule has 0 rings (SSSR count). The summed E-state index contributed by atoms with van der Waals surface area (Å²) in [6, 6.07) is 0. The molecule has 0 spiro atoms. The van der Waals surface area contributed by atoms with E-state index in [0.717, 1.165) is 70.6 Å². The van der Waals surface area contributed by atoms with E-state index in [1.54, 1.807) is 6.08 Å². The molecule has 0 aromatic rings. The first-order valence-corrected chi connectivity index (χ1v) is 17.3. The summed E-state index contributed by atoms with van der Waals surface area (Å²) >= 11 is 0. The Hall–Kier alpha value is -2.51. The Bertz CT molecular complexity index is 927. The van der Waals surface area contributed by atoms with Crippen LogP contribution < -0.4 is 0 Å². The summed E-state index contributed by atoms with van der Waals surface area (Å²) in [5, 5.41) is 0. The van der Waals surface area contributed by atoms with Crippen molar-refractivity contribution in [3.05, 3.63) is 72.9 Å². The van der Waals surface area contributed by atoms with Crippen LogP contribution in [0, 0.1) is 0 Å². The van der Waals surface area contributed by atoms with Gasteiger partial charge in [0.1, 0.15) is 6.61 Å². The molecule has 0 aliphatic heterocycles. The van der Waals surface area contributed by atoms with E-state index in [0.29, 0.717) is 12.8 Å². The first-order chi connectivity index (χ1) is 20.8. The molecule has 0 aliphatic rings. The lowest BCUT2D eigenvalue weighted by Gasteiger charge is -2.18. The molecule has 244 valence electrons. The molecule has 8 nitrogen and oxygen atoms in total. The highest BCUT2D eigenvalue weighted by atomic mass is 31.2. The van der Waals surface area contributed by atoms with Gasteiger partial charge >= 0.3 is 19.8 Å². The Morgan fingerprint density at radius 3 is 1.77 bits per heavy atom. The van der Waals surface area contributed by atoms with Crippen molar-refractivity contribution in [1.29, 1.82) is 0 Å². The topological polar surface area (TPSA) is 119 Å². The molecule has 0 saturated heterocycles. The number of phosphoric acid groups is 1. The molecule has 0 saturated carbocycles. The highest BCUT2D eigenvalue weighted by Crippen LogP contribution is 2.35. The number of hydrogen-bond acceptors (Lipinski definition) is 6. The Labute approximate surface area is 259 Å². The summed E-state index contributed by atoms with van der Waals surface area (Å²) in [5.74, 6) is -1.06. The molecule has 1 atom stereocenters. The van der Waals surface area contributed by atoms with Crippen LogP contribution in [0.3, 0.4) is 0 Å². The van der Waals surface area contributed by atoms with E-state index in [2.05, 4.69) is 67.0 Å². The van der Waals surface area contributed by atoms with Crippen molar-refractivity contribution in [3.63, 3.8) is 0 Å². The largest absolute Gasteiger partial charge is 0.469 e. The molecular formula is C34H55O8P.